The Morgan fingerprint density at radius 3 is 2.36 bits per heavy atom. The molecule has 0 aliphatic heterocycles. The van der Waals surface area contributed by atoms with Crippen molar-refractivity contribution < 1.29 is 4.79 Å². The molecule has 0 saturated heterocycles. The predicted octanol–water partition coefficient (Wildman–Crippen LogP) is 2.64. The first-order valence-corrected chi connectivity index (χ1v) is 4.95. The number of carbonyl (C=O) groups is 1. The topological polar surface area (TPSA) is 29.1 Å². The van der Waals surface area contributed by atoms with Crippen LogP contribution in [0.1, 0.15) is 34.1 Å². The number of thioether (sulfide) groups is 1. The van der Waals surface area contributed by atoms with E-state index in [1.165, 1.54) is 11.8 Å². The Morgan fingerprint density at radius 1 is 1.45 bits per heavy atom. The van der Waals surface area contributed by atoms with E-state index in [9.17, 15) is 4.79 Å². The summed E-state index contributed by atoms with van der Waals surface area (Å²) >= 11 is 1.32. The Balaban J connectivity index is 3.74. The van der Waals surface area contributed by atoms with Crippen LogP contribution < -0.4 is 5.32 Å². The smallest absolute Gasteiger partial charge is 0.279 e. The molecule has 0 bridgehead atoms. The van der Waals surface area contributed by atoms with Crippen LogP contribution in [0.25, 0.3) is 0 Å². The Labute approximate surface area is 73.1 Å². The molecule has 0 aromatic carbocycles. The molecule has 3 heteroatoms. The third kappa shape index (κ3) is 5.13. The minimum Gasteiger partial charge on any atom is -0.342 e. The molecule has 0 radical (unpaired) electrons. The Hall–Kier alpha value is -0.180. The van der Waals surface area contributed by atoms with E-state index >= 15 is 0 Å². The molecule has 0 atom stereocenters. The molecule has 11 heavy (non-hydrogen) atoms. The summed E-state index contributed by atoms with van der Waals surface area (Å²) in [5.41, 5.74) is -0.0563. The van der Waals surface area contributed by atoms with E-state index in [4.69, 9.17) is 0 Å². The highest BCUT2D eigenvalue weighted by Crippen LogP contribution is 2.10. The Kier molecular flexibility index (Phi) is 4.57. The molecule has 0 spiro atoms. The summed E-state index contributed by atoms with van der Waals surface area (Å²) in [5.74, 6) is 0.839. The predicted molar refractivity (Wildman–Crippen MR) is 51.0 cm³/mol. The molecule has 0 unspecified atom stereocenters. The van der Waals surface area contributed by atoms with Gasteiger partial charge >= 0.3 is 0 Å². The van der Waals surface area contributed by atoms with Crippen molar-refractivity contribution in [2.75, 3.05) is 5.75 Å². The summed E-state index contributed by atoms with van der Waals surface area (Å²) in [7, 11) is 0. The van der Waals surface area contributed by atoms with Gasteiger partial charge < -0.3 is 5.32 Å². The number of carbonyl (C=O) groups excluding carboxylic acids is 1. The average Bonchev–Trinajstić information content (AvgIpc) is 1.87. The maximum atomic E-state index is 11.1. The third-order valence-corrected chi connectivity index (χ3v) is 2.25. The van der Waals surface area contributed by atoms with Crippen molar-refractivity contribution in [2.24, 2.45) is 0 Å². The van der Waals surface area contributed by atoms with Crippen LogP contribution in [0, 0.1) is 0 Å². The van der Waals surface area contributed by atoms with Crippen molar-refractivity contribution in [1.29, 1.82) is 0 Å². The van der Waals surface area contributed by atoms with Crippen LogP contribution in [0.15, 0.2) is 0 Å². The Morgan fingerprint density at radius 2 is 2.00 bits per heavy atom. The Bertz CT molecular complexity index is 134. The van der Waals surface area contributed by atoms with Crippen LogP contribution in [0.3, 0.4) is 0 Å². The van der Waals surface area contributed by atoms with Gasteiger partial charge in [0.1, 0.15) is 0 Å². The standard InChI is InChI=1S/C8H17NOS/c1-5-8(3,4)9-7(10)11-6-2/h5-6H2,1-4H3,(H,9,10). The normalized spacial score (nSPS) is 11.3. The summed E-state index contributed by atoms with van der Waals surface area (Å²) in [6.07, 6.45) is 0.961. The molecule has 0 aromatic heterocycles. The molecule has 0 heterocycles. The molecule has 0 aliphatic rings. The van der Waals surface area contributed by atoms with Gasteiger partial charge in [0, 0.05) is 5.54 Å². The molecule has 2 nitrogen and oxygen atoms in total. The van der Waals surface area contributed by atoms with Gasteiger partial charge in [0.15, 0.2) is 0 Å². The minimum absolute atomic E-state index is 0.0563. The summed E-state index contributed by atoms with van der Waals surface area (Å²) in [4.78, 5) is 11.1. The molecule has 66 valence electrons. The van der Waals surface area contributed by atoms with Gasteiger partial charge in [-0.2, -0.15) is 0 Å². The van der Waals surface area contributed by atoms with E-state index in [0.29, 0.717) is 0 Å². The largest absolute Gasteiger partial charge is 0.342 e. The highest BCUT2D eigenvalue weighted by Gasteiger charge is 2.16. The summed E-state index contributed by atoms with van der Waals surface area (Å²) in [5, 5.41) is 3.01. The number of amides is 1. The van der Waals surface area contributed by atoms with E-state index < -0.39 is 0 Å². The van der Waals surface area contributed by atoms with Gasteiger partial charge in [-0.15, -0.1) is 0 Å². The van der Waals surface area contributed by atoms with E-state index in [0.717, 1.165) is 12.2 Å². The first-order chi connectivity index (χ1) is 5.02. The van der Waals surface area contributed by atoms with Crippen LogP contribution in [-0.4, -0.2) is 16.5 Å². The summed E-state index contributed by atoms with van der Waals surface area (Å²) < 4.78 is 0. The number of hydrogen-bond donors (Lipinski definition) is 1. The number of nitrogens with one attached hydrogen (secondary N) is 1. The highest BCUT2D eigenvalue weighted by atomic mass is 32.2. The van der Waals surface area contributed by atoms with E-state index in [1.807, 2.05) is 20.8 Å². The third-order valence-electron chi connectivity index (χ3n) is 1.60. The second-order valence-electron chi connectivity index (χ2n) is 3.08. The average molecular weight is 175 g/mol. The fourth-order valence-corrected chi connectivity index (χ4v) is 1.14. The minimum atomic E-state index is -0.0563. The van der Waals surface area contributed by atoms with E-state index in [1.54, 1.807) is 0 Å². The van der Waals surface area contributed by atoms with Gasteiger partial charge in [-0.3, -0.25) is 4.79 Å². The zero-order valence-electron chi connectivity index (χ0n) is 7.73. The second kappa shape index (κ2) is 4.65. The molecular weight excluding hydrogens is 158 g/mol. The highest BCUT2D eigenvalue weighted by molar-refractivity contribution is 8.13. The number of hydrogen-bond acceptors (Lipinski definition) is 2. The zero-order chi connectivity index (χ0) is 8.91. The summed E-state index contributed by atoms with van der Waals surface area (Å²) in [6, 6.07) is 0. The lowest BCUT2D eigenvalue weighted by molar-refractivity contribution is 0.250. The van der Waals surface area contributed by atoms with Gasteiger partial charge in [0.25, 0.3) is 5.24 Å². The lowest BCUT2D eigenvalue weighted by atomic mass is 10.0. The summed E-state index contributed by atoms with van der Waals surface area (Å²) in [6.45, 7) is 8.10. The molecule has 1 amide bonds. The van der Waals surface area contributed by atoms with E-state index in [2.05, 4.69) is 12.2 Å². The van der Waals surface area contributed by atoms with Gasteiger partial charge in [0.2, 0.25) is 0 Å². The number of rotatable bonds is 3. The lowest BCUT2D eigenvalue weighted by Gasteiger charge is -2.23. The molecule has 0 aliphatic carbocycles. The molecule has 0 fully saturated rings. The van der Waals surface area contributed by atoms with Crippen LogP contribution in [-0.2, 0) is 0 Å². The quantitative estimate of drug-likeness (QED) is 0.714. The van der Waals surface area contributed by atoms with Gasteiger partial charge in [-0.25, -0.2) is 0 Å². The second-order valence-corrected chi connectivity index (χ2v) is 4.32. The van der Waals surface area contributed by atoms with Gasteiger partial charge in [-0.1, -0.05) is 25.6 Å². The molecule has 1 N–H and O–H groups in total. The van der Waals surface area contributed by atoms with Crippen molar-refractivity contribution in [3.05, 3.63) is 0 Å². The first kappa shape index (κ1) is 10.8. The van der Waals surface area contributed by atoms with E-state index in [-0.39, 0.29) is 10.8 Å². The zero-order valence-corrected chi connectivity index (χ0v) is 8.55. The van der Waals surface area contributed by atoms with Crippen molar-refractivity contribution in [3.63, 3.8) is 0 Å². The van der Waals surface area contributed by atoms with Crippen LogP contribution in [0.5, 0.6) is 0 Å². The molecular formula is C8H17NOS. The van der Waals surface area contributed by atoms with Gasteiger partial charge in [0.05, 0.1) is 0 Å². The molecule has 0 aromatic rings. The van der Waals surface area contributed by atoms with Crippen molar-refractivity contribution in [2.45, 2.75) is 39.7 Å². The fourth-order valence-electron chi connectivity index (χ4n) is 0.532. The van der Waals surface area contributed by atoms with Gasteiger partial charge in [-0.05, 0) is 26.0 Å². The monoisotopic (exact) mass is 175 g/mol. The SMILES string of the molecule is CCSC(=O)NC(C)(C)CC. The van der Waals surface area contributed by atoms with Crippen LogP contribution >= 0.6 is 11.8 Å². The lowest BCUT2D eigenvalue weighted by Crippen LogP contribution is -2.40. The van der Waals surface area contributed by atoms with Crippen molar-refractivity contribution in [1.82, 2.24) is 5.32 Å². The molecule has 0 rings (SSSR count). The maximum absolute atomic E-state index is 11.1. The van der Waals surface area contributed by atoms with Crippen LogP contribution in [0.4, 0.5) is 4.79 Å². The molecule has 0 saturated carbocycles. The maximum Gasteiger partial charge on any atom is 0.279 e. The van der Waals surface area contributed by atoms with Crippen LogP contribution in [0.2, 0.25) is 0 Å². The fraction of sp³-hybridized carbons (Fsp3) is 0.875. The van der Waals surface area contributed by atoms with Crippen molar-refractivity contribution >= 4 is 17.0 Å². The first-order valence-electron chi connectivity index (χ1n) is 3.96. The van der Waals surface area contributed by atoms with Crippen molar-refractivity contribution in [3.8, 4) is 0 Å².